The zero-order chi connectivity index (χ0) is 16.9. The Morgan fingerprint density at radius 2 is 1.79 bits per heavy atom. The van der Waals surface area contributed by atoms with Crippen molar-refractivity contribution < 1.29 is 14.0 Å². The first-order valence-corrected chi connectivity index (χ1v) is 8.75. The molecule has 1 saturated heterocycles. The summed E-state index contributed by atoms with van der Waals surface area (Å²) in [5.74, 6) is -0.469. The van der Waals surface area contributed by atoms with E-state index >= 15 is 0 Å². The summed E-state index contributed by atoms with van der Waals surface area (Å²) < 4.78 is 13.3. The maximum Gasteiger partial charge on any atom is 0.315 e. The predicted octanol–water partition coefficient (Wildman–Crippen LogP) is 2.95. The van der Waals surface area contributed by atoms with Gasteiger partial charge in [-0.1, -0.05) is 31.7 Å². The molecule has 2 fully saturated rings. The first-order valence-electron chi connectivity index (χ1n) is 8.75. The third-order valence-corrected chi connectivity index (χ3v) is 4.77. The van der Waals surface area contributed by atoms with Crippen LogP contribution in [-0.4, -0.2) is 30.6 Å². The van der Waals surface area contributed by atoms with Crippen molar-refractivity contribution in [3.8, 4) is 0 Å². The van der Waals surface area contributed by atoms with Gasteiger partial charge in [0.1, 0.15) is 5.82 Å². The molecule has 130 valence electrons. The molecule has 1 unspecified atom stereocenters. The molecule has 0 spiro atoms. The van der Waals surface area contributed by atoms with Gasteiger partial charge in [0.2, 0.25) is 5.91 Å². The van der Waals surface area contributed by atoms with Crippen molar-refractivity contribution in [1.82, 2.24) is 10.6 Å². The van der Waals surface area contributed by atoms with Gasteiger partial charge in [0.15, 0.2) is 0 Å². The van der Waals surface area contributed by atoms with E-state index in [-0.39, 0.29) is 36.3 Å². The number of hydrogen-bond donors (Lipinski definition) is 2. The molecule has 1 aliphatic heterocycles. The van der Waals surface area contributed by atoms with Gasteiger partial charge in [-0.05, 0) is 31.0 Å². The van der Waals surface area contributed by atoms with Gasteiger partial charge in [-0.25, -0.2) is 9.18 Å². The van der Waals surface area contributed by atoms with Crippen molar-refractivity contribution in [2.24, 2.45) is 0 Å². The van der Waals surface area contributed by atoms with E-state index in [4.69, 9.17) is 0 Å². The summed E-state index contributed by atoms with van der Waals surface area (Å²) in [6.45, 7) is 0.375. The van der Waals surface area contributed by atoms with Crippen molar-refractivity contribution in [2.75, 3.05) is 11.4 Å². The van der Waals surface area contributed by atoms with E-state index in [0.29, 0.717) is 12.2 Å². The SMILES string of the molecule is O=C(NC1CCCCCC1)NC1CC(=O)N(c2cccc(F)c2)C1. The summed E-state index contributed by atoms with van der Waals surface area (Å²) in [5.41, 5.74) is 0.536. The van der Waals surface area contributed by atoms with Crippen molar-refractivity contribution in [2.45, 2.75) is 57.0 Å². The first-order chi connectivity index (χ1) is 11.6. The highest BCUT2D eigenvalue weighted by Gasteiger charge is 2.32. The molecule has 1 heterocycles. The second kappa shape index (κ2) is 7.64. The van der Waals surface area contributed by atoms with Gasteiger partial charge >= 0.3 is 6.03 Å². The van der Waals surface area contributed by atoms with Gasteiger partial charge in [-0.15, -0.1) is 0 Å². The molecule has 1 atom stereocenters. The fourth-order valence-electron chi connectivity index (χ4n) is 3.53. The number of carbonyl (C=O) groups excluding carboxylic acids is 2. The Labute approximate surface area is 141 Å². The lowest BCUT2D eigenvalue weighted by Gasteiger charge is -2.20. The fraction of sp³-hybridized carbons (Fsp3) is 0.556. The van der Waals surface area contributed by atoms with E-state index in [0.717, 1.165) is 25.7 Å². The highest BCUT2D eigenvalue weighted by atomic mass is 19.1. The minimum absolute atomic E-state index is 0.0969. The lowest BCUT2D eigenvalue weighted by atomic mass is 10.1. The topological polar surface area (TPSA) is 61.4 Å². The van der Waals surface area contributed by atoms with Crippen molar-refractivity contribution in [3.05, 3.63) is 30.1 Å². The largest absolute Gasteiger partial charge is 0.335 e. The molecule has 0 bridgehead atoms. The van der Waals surface area contributed by atoms with E-state index in [2.05, 4.69) is 10.6 Å². The average molecular weight is 333 g/mol. The number of benzene rings is 1. The van der Waals surface area contributed by atoms with Gasteiger partial charge in [0.25, 0.3) is 0 Å². The molecule has 24 heavy (non-hydrogen) atoms. The number of hydrogen-bond acceptors (Lipinski definition) is 2. The van der Waals surface area contributed by atoms with Crippen molar-refractivity contribution in [3.63, 3.8) is 0 Å². The number of halogens is 1. The number of rotatable bonds is 3. The van der Waals surface area contributed by atoms with Crippen LogP contribution in [0.2, 0.25) is 0 Å². The van der Waals surface area contributed by atoms with Crippen LogP contribution < -0.4 is 15.5 Å². The summed E-state index contributed by atoms with van der Waals surface area (Å²) in [5, 5.41) is 5.91. The van der Waals surface area contributed by atoms with Gasteiger partial charge in [-0.2, -0.15) is 0 Å². The number of anilines is 1. The van der Waals surface area contributed by atoms with Gasteiger partial charge < -0.3 is 15.5 Å². The average Bonchev–Trinajstić information content (AvgIpc) is 2.73. The van der Waals surface area contributed by atoms with Crippen LogP contribution in [0.3, 0.4) is 0 Å². The summed E-state index contributed by atoms with van der Waals surface area (Å²) in [6, 6.07) is 5.74. The van der Waals surface area contributed by atoms with Crippen LogP contribution in [0.25, 0.3) is 0 Å². The Hall–Kier alpha value is -2.11. The quantitative estimate of drug-likeness (QED) is 0.836. The van der Waals surface area contributed by atoms with Crippen LogP contribution in [0.5, 0.6) is 0 Å². The maximum absolute atomic E-state index is 13.3. The standard InChI is InChI=1S/C18H24FN3O2/c19-13-6-5-9-16(10-13)22-12-15(11-17(22)23)21-18(24)20-14-7-3-1-2-4-8-14/h5-6,9-10,14-15H,1-4,7-8,11-12H2,(H2,20,21,24). The summed E-state index contributed by atoms with van der Waals surface area (Å²) in [6.07, 6.45) is 7.06. The third kappa shape index (κ3) is 4.24. The van der Waals surface area contributed by atoms with Crippen molar-refractivity contribution in [1.29, 1.82) is 0 Å². The molecule has 2 aliphatic rings. The second-order valence-corrected chi connectivity index (χ2v) is 6.69. The van der Waals surface area contributed by atoms with Crippen LogP contribution in [-0.2, 0) is 4.79 Å². The zero-order valence-corrected chi connectivity index (χ0v) is 13.8. The minimum Gasteiger partial charge on any atom is -0.335 e. The van der Waals surface area contributed by atoms with Crippen LogP contribution in [0.15, 0.2) is 24.3 Å². The molecule has 6 heteroatoms. The number of nitrogens with zero attached hydrogens (tertiary/aromatic N) is 1. The van der Waals surface area contributed by atoms with Crippen LogP contribution in [0, 0.1) is 5.82 Å². The lowest BCUT2D eigenvalue weighted by Crippen LogP contribution is -2.47. The molecule has 0 radical (unpaired) electrons. The summed E-state index contributed by atoms with van der Waals surface area (Å²) in [4.78, 5) is 25.8. The molecule has 2 N–H and O–H groups in total. The minimum atomic E-state index is -0.372. The van der Waals surface area contributed by atoms with Gasteiger partial charge in [0, 0.05) is 24.7 Å². The zero-order valence-electron chi connectivity index (χ0n) is 13.8. The van der Waals surface area contributed by atoms with Crippen LogP contribution >= 0.6 is 0 Å². The van der Waals surface area contributed by atoms with Crippen molar-refractivity contribution >= 4 is 17.6 Å². The Morgan fingerprint density at radius 1 is 1.08 bits per heavy atom. The molecule has 3 amide bonds. The fourth-order valence-corrected chi connectivity index (χ4v) is 3.53. The number of carbonyl (C=O) groups is 2. The van der Waals surface area contributed by atoms with E-state index in [1.807, 2.05) is 0 Å². The molecular weight excluding hydrogens is 309 g/mol. The molecule has 3 rings (SSSR count). The van der Waals surface area contributed by atoms with E-state index in [1.54, 1.807) is 12.1 Å². The van der Waals surface area contributed by atoms with Crippen LogP contribution in [0.1, 0.15) is 44.9 Å². The maximum atomic E-state index is 13.3. The van der Waals surface area contributed by atoms with Gasteiger partial charge in [-0.3, -0.25) is 4.79 Å². The first kappa shape index (κ1) is 16.7. The second-order valence-electron chi connectivity index (χ2n) is 6.69. The third-order valence-electron chi connectivity index (χ3n) is 4.77. The number of nitrogens with one attached hydrogen (secondary N) is 2. The summed E-state index contributed by atoms with van der Waals surface area (Å²) in [7, 11) is 0. The molecule has 1 saturated carbocycles. The highest BCUT2D eigenvalue weighted by Crippen LogP contribution is 2.22. The molecule has 1 aromatic carbocycles. The summed E-state index contributed by atoms with van der Waals surface area (Å²) >= 11 is 0. The molecule has 1 aliphatic carbocycles. The van der Waals surface area contributed by atoms with E-state index in [9.17, 15) is 14.0 Å². The lowest BCUT2D eigenvalue weighted by molar-refractivity contribution is -0.117. The molecule has 5 nitrogen and oxygen atoms in total. The Balaban J connectivity index is 1.53. The smallest absolute Gasteiger partial charge is 0.315 e. The molecular formula is C18H24FN3O2. The normalized spacial score (nSPS) is 22.3. The Morgan fingerprint density at radius 3 is 2.50 bits per heavy atom. The van der Waals surface area contributed by atoms with Gasteiger partial charge in [0.05, 0.1) is 6.04 Å². The Bertz CT molecular complexity index is 600. The number of urea groups is 1. The monoisotopic (exact) mass is 333 g/mol. The van der Waals surface area contributed by atoms with E-state index in [1.165, 1.54) is 29.9 Å². The highest BCUT2D eigenvalue weighted by molar-refractivity contribution is 5.96. The predicted molar refractivity (Wildman–Crippen MR) is 90.3 cm³/mol. The van der Waals surface area contributed by atoms with E-state index < -0.39 is 0 Å². The number of amides is 3. The van der Waals surface area contributed by atoms with Crippen LogP contribution in [0.4, 0.5) is 14.9 Å². The molecule has 0 aromatic heterocycles. The Kier molecular flexibility index (Phi) is 5.33. The molecule has 1 aromatic rings.